The van der Waals surface area contributed by atoms with Gasteiger partial charge in [-0.25, -0.2) is 0 Å². The van der Waals surface area contributed by atoms with Gasteiger partial charge in [-0.15, -0.1) is 0 Å². The van der Waals surface area contributed by atoms with Gasteiger partial charge in [0, 0.05) is 52.3 Å². The first-order valence-corrected chi connectivity index (χ1v) is 54.1. The van der Waals surface area contributed by atoms with Gasteiger partial charge < -0.3 is 51.1 Å². The molecule has 0 heterocycles. The summed E-state index contributed by atoms with van der Waals surface area (Å²) in [7, 11) is 0. The van der Waals surface area contributed by atoms with Gasteiger partial charge in [0.15, 0.2) is 0 Å². The number of carboxylic acids is 5. The molecule has 0 aliphatic rings. The number of aliphatic hydroxyl groups excluding tert-OH is 5. The number of aliphatic carboxylic acids is 5. The van der Waals surface area contributed by atoms with E-state index >= 15 is 0 Å². The predicted octanol–water partition coefficient (Wildman–Crippen LogP) is 33.3. The molecule has 0 aromatic carbocycles. The van der Waals surface area contributed by atoms with E-state index < -0.39 is 29.8 Å². The quantitative estimate of drug-likeness (QED) is 0.0200. The molecule has 15 nitrogen and oxygen atoms in total. The fourth-order valence-electron chi connectivity index (χ4n) is 15.8. The lowest BCUT2D eigenvalue weighted by Crippen LogP contribution is -2.07. The molecule has 0 saturated heterocycles. The van der Waals surface area contributed by atoms with E-state index in [2.05, 4.69) is 55.5 Å². The van der Waals surface area contributed by atoms with E-state index in [1.807, 2.05) is 12.2 Å². The van der Waals surface area contributed by atoms with Crippen LogP contribution in [0.25, 0.3) is 0 Å². The maximum absolute atomic E-state index is 10.6. The minimum absolute atomic E-state index is 0.190. The third-order valence-corrected chi connectivity index (χ3v) is 24.0. The number of aliphatic hydroxyl groups is 5. The first kappa shape index (κ1) is 130. The Morgan fingerprint density at radius 2 is 0.365 bits per heavy atom. The van der Waals surface area contributed by atoms with Crippen molar-refractivity contribution in [2.24, 2.45) is 11.8 Å². The largest absolute Gasteiger partial charge is 0.481 e. The summed E-state index contributed by atoms with van der Waals surface area (Å²) in [6, 6.07) is 0. The Labute approximate surface area is 778 Å². The molecule has 2 unspecified atom stereocenters. The van der Waals surface area contributed by atoms with E-state index in [4.69, 9.17) is 51.1 Å². The highest BCUT2D eigenvalue weighted by atomic mass is 16.4. The van der Waals surface area contributed by atoms with Crippen LogP contribution in [0, 0.1) is 11.8 Å². The third-order valence-electron chi connectivity index (χ3n) is 24.0. The lowest BCUT2D eigenvalue weighted by atomic mass is 9.98. The van der Waals surface area contributed by atoms with Gasteiger partial charge in [-0.2, -0.15) is 0 Å². The summed E-state index contributed by atoms with van der Waals surface area (Å²) in [5, 5.41) is 86.5. The lowest BCUT2D eigenvalue weighted by Gasteiger charge is -2.07. The van der Waals surface area contributed by atoms with Gasteiger partial charge in [0.05, 0.1) is 12.3 Å². The first-order valence-electron chi connectivity index (χ1n) is 54.1. The molecule has 0 amide bonds. The SMILES string of the molecule is CC(CC=CCCCCCO)C(=O)O.CCCC(C=CCCCCCCO)CC(=O)O.O=C(O)CCCCC=CCCCCCCCCCCCCCCCCCCCCCCCO.O=C(O)CCCCCC=CCCCCCCCCCCCCCCCCCCCCCO.O=C(O)CCCCCCCCCCCC=CCCCCCCCCCCCCCO. The molecule has 0 saturated carbocycles. The molecule has 15 heteroatoms. The summed E-state index contributed by atoms with van der Waals surface area (Å²) >= 11 is 0. The van der Waals surface area contributed by atoms with E-state index in [9.17, 15) is 24.0 Å². The van der Waals surface area contributed by atoms with Crippen LogP contribution in [0.1, 0.15) is 572 Å². The molecule has 746 valence electrons. The molecule has 0 aromatic heterocycles. The molecule has 0 aromatic rings. The van der Waals surface area contributed by atoms with Crippen molar-refractivity contribution in [2.75, 3.05) is 33.0 Å². The smallest absolute Gasteiger partial charge is 0.306 e. The second-order valence-corrected chi connectivity index (χ2v) is 36.7. The highest BCUT2D eigenvalue weighted by Crippen LogP contribution is 2.22. The Morgan fingerprint density at radius 1 is 0.206 bits per heavy atom. The summed E-state index contributed by atoms with van der Waals surface area (Å²) in [5.41, 5.74) is 0. The fraction of sp³-hybridized carbons (Fsp3) is 0.865. The Morgan fingerprint density at radius 3 is 0.556 bits per heavy atom. The average molecular weight is 1790 g/mol. The molecular formula is C111H212O15. The molecule has 0 aliphatic carbocycles. The highest BCUT2D eigenvalue weighted by molar-refractivity contribution is 5.69. The molecule has 0 radical (unpaired) electrons. The normalized spacial score (nSPS) is 11.9. The first-order chi connectivity index (χ1) is 61.7. The minimum Gasteiger partial charge on any atom is -0.481 e. The average Bonchev–Trinajstić information content (AvgIpc) is 0.995. The van der Waals surface area contributed by atoms with Crippen molar-refractivity contribution < 1.29 is 75.0 Å². The summed E-state index contributed by atoms with van der Waals surface area (Å²) in [6.07, 6.45) is 127. The van der Waals surface area contributed by atoms with Crippen LogP contribution < -0.4 is 0 Å². The molecule has 0 fully saturated rings. The van der Waals surface area contributed by atoms with Crippen molar-refractivity contribution in [1.29, 1.82) is 0 Å². The standard InChI is InChI=1S/C30H58O3.C29H56O3.C27H52O3.C14H26O3.C11H20O3/c31-29-27-25-23-21-19-17-15-13-11-9-7-5-3-1-2-4-6-8-10-12-14-16-18-20-22-24-26-28-30(32)33;30-28-26-24-22-20-18-16-14-12-10-8-6-4-2-1-3-5-7-9-11-13-15-17-19-21-23-25-27-29(31)32;28-26-24-22-20-18-16-14-12-10-8-6-4-2-1-3-5-7-9-11-13-15-17-19-21-23-25-27(29)30;1-2-9-13(12-14(16)17)10-7-5-3-4-6-8-11-15;1-10(11(13)14)8-6-4-2-3-5-7-9-12/h18,20,31H,1-17,19,21-29H2,(H,32,33);15,17,30H,1-14,16,18-28H2,(H,31,32);1,3,28H,2,4-26H2,(H,29,30);7,10,13,15H,2-6,8-9,11-12H2,1H3,(H,16,17);4,6,10,12H,2-3,5,7-9H2,1H3,(H,13,14). The summed E-state index contributed by atoms with van der Waals surface area (Å²) in [5.74, 6) is -3.56. The van der Waals surface area contributed by atoms with Crippen LogP contribution in [0.2, 0.25) is 0 Å². The molecule has 0 spiro atoms. The van der Waals surface area contributed by atoms with Gasteiger partial charge in [-0.3, -0.25) is 24.0 Å². The lowest BCUT2D eigenvalue weighted by molar-refractivity contribution is -0.141. The maximum atomic E-state index is 10.6. The second-order valence-electron chi connectivity index (χ2n) is 36.7. The van der Waals surface area contributed by atoms with Crippen molar-refractivity contribution in [3.63, 3.8) is 0 Å². The summed E-state index contributed by atoms with van der Waals surface area (Å²) in [4.78, 5) is 52.3. The number of rotatable bonds is 99. The molecule has 0 rings (SSSR count). The van der Waals surface area contributed by atoms with Crippen LogP contribution in [0.5, 0.6) is 0 Å². The molecule has 126 heavy (non-hydrogen) atoms. The van der Waals surface area contributed by atoms with E-state index in [-0.39, 0.29) is 31.5 Å². The van der Waals surface area contributed by atoms with Crippen LogP contribution in [-0.2, 0) is 24.0 Å². The molecule has 10 N–H and O–H groups in total. The monoisotopic (exact) mass is 1790 g/mol. The number of carbonyl (C=O) groups is 5. The van der Waals surface area contributed by atoms with Crippen LogP contribution >= 0.6 is 0 Å². The van der Waals surface area contributed by atoms with E-state index in [1.165, 1.54) is 379 Å². The van der Waals surface area contributed by atoms with Gasteiger partial charge in [0.1, 0.15) is 0 Å². The van der Waals surface area contributed by atoms with Crippen LogP contribution in [0.15, 0.2) is 60.8 Å². The van der Waals surface area contributed by atoms with Gasteiger partial charge >= 0.3 is 29.8 Å². The highest BCUT2D eigenvalue weighted by Gasteiger charge is 2.10. The molecule has 0 bridgehead atoms. The number of hydrogen-bond acceptors (Lipinski definition) is 10. The van der Waals surface area contributed by atoms with Gasteiger partial charge in [-0.1, -0.05) is 441 Å². The molecule has 0 aliphatic heterocycles. The Kier molecular flexibility index (Phi) is 127. The number of unbranched alkanes of at least 4 members (excludes halogenated alkanes) is 72. The van der Waals surface area contributed by atoms with E-state index in [1.54, 1.807) is 6.92 Å². The molecular weight excluding hydrogens is 1570 g/mol. The number of allylic oxidation sites excluding steroid dienone is 10. The third kappa shape index (κ3) is 138. The zero-order chi connectivity index (χ0) is 93.2. The van der Waals surface area contributed by atoms with Gasteiger partial charge in [0.2, 0.25) is 0 Å². The van der Waals surface area contributed by atoms with Crippen molar-refractivity contribution in [3.8, 4) is 0 Å². The second kappa shape index (κ2) is 123. The zero-order valence-electron chi connectivity index (χ0n) is 83.0. The Hall–Kier alpha value is -4.15. The summed E-state index contributed by atoms with van der Waals surface area (Å²) < 4.78 is 0. The Balaban J connectivity index is -0.000000500. The van der Waals surface area contributed by atoms with Crippen molar-refractivity contribution >= 4 is 29.8 Å². The predicted molar refractivity (Wildman–Crippen MR) is 539 cm³/mol. The van der Waals surface area contributed by atoms with Crippen molar-refractivity contribution in [2.45, 2.75) is 572 Å². The summed E-state index contributed by atoms with van der Waals surface area (Å²) in [6.45, 7) is 5.42. The van der Waals surface area contributed by atoms with Crippen LogP contribution in [0.4, 0.5) is 0 Å². The van der Waals surface area contributed by atoms with Crippen molar-refractivity contribution in [1.82, 2.24) is 0 Å². The van der Waals surface area contributed by atoms with Crippen LogP contribution in [-0.4, -0.2) is 114 Å². The Bertz CT molecular complexity index is 2250. The minimum atomic E-state index is -0.741. The molecule has 2 atom stereocenters. The maximum Gasteiger partial charge on any atom is 0.306 e. The van der Waals surface area contributed by atoms with Crippen LogP contribution in [0.3, 0.4) is 0 Å². The van der Waals surface area contributed by atoms with Crippen molar-refractivity contribution in [3.05, 3.63) is 60.8 Å². The topological polar surface area (TPSA) is 288 Å². The van der Waals surface area contributed by atoms with E-state index in [0.717, 1.165) is 148 Å². The zero-order valence-corrected chi connectivity index (χ0v) is 83.0. The van der Waals surface area contributed by atoms with Gasteiger partial charge in [-0.05, 0) is 173 Å². The fourth-order valence-corrected chi connectivity index (χ4v) is 15.8. The number of hydrogen-bond donors (Lipinski definition) is 10. The van der Waals surface area contributed by atoms with E-state index in [0.29, 0.717) is 45.5 Å². The number of carboxylic acid groups (broad SMARTS) is 5. The van der Waals surface area contributed by atoms with Gasteiger partial charge in [0.25, 0.3) is 0 Å².